The van der Waals surface area contributed by atoms with Gasteiger partial charge >= 0.3 is 0 Å². The third-order valence-electron chi connectivity index (χ3n) is 2.13. The highest BCUT2D eigenvalue weighted by Crippen LogP contribution is 2.42. The molecule has 0 aliphatic carbocycles. The van der Waals surface area contributed by atoms with Crippen LogP contribution < -0.4 is 5.32 Å². The first-order chi connectivity index (χ1) is 6.65. The molecule has 1 aromatic carbocycles. The molecule has 1 N–H and O–H groups in total. The molecule has 1 aliphatic rings. The van der Waals surface area contributed by atoms with Gasteiger partial charge in [-0.1, -0.05) is 23.2 Å². The molecule has 2 rings (SSSR count). The van der Waals surface area contributed by atoms with Gasteiger partial charge in [-0.2, -0.15) is 0 Å². The van der Waals surface area contributed by atoms with Gasteiger partial charge in [0.2, 0.25) is 0 Å². The Hall–Kier alpha value is -0.770. The minimum absolute atomic E-state index is 0.238. The fourth-order valence-electron chi connectivity index (χ4n) is 1.50. The van der Waals surface area contributed by atoms with Crippen LogP contribution in [0.15, 0.2) is 12.1 Å². The lowest BCUT2D eigenvalue weighted by molar-refractivity contribution is -0.125. The first-order valence-corrected chi connectivity index (χ1v) is 4.72. The Morgan fingerprint density at radius 3 is 2.64 bits per heavy atom. The zero-order valence-electron chi connectivity index (χ0n) is 7.30. The van der Waals surface area contributed by atoms with Crippen LogP contribution in [0.2, 0.25) is 10.0 Å². The van der Waals surface area contributed by atoms with Gasteiger partial charge in [-0.25, -0.2) is 0 Å². The molecule has 0 saturated heterocycles. The Morgan fingerprint density at radius 2 is 2.00 bits per heavy atom. The molecular weight excluding hydrogens is 225 g/mol. The second kappa shape index (κ2) is 3.42. The second-order valence-electron chi connectivity index (χ2n) is 2.92. The van der Waals surface area contributed by atoms with Crippen molar-refractivity contribution in [2.75, 3.05) is 12.4 Å². The lowest BCUT2D eigenvalue weighted by Crippen LogP contribution is -2.13. The van der Waals surface area contributed by atoms with Crippen LogP contribution in [0.25, 0.3) is 0 Å². The third kappa shape index (κ3) is 1.29. The van der Waals surface area contributed by atoms with Gasteiger partial charge in [0.05, 0.1) is 10.7 Å². The molecule has 0 aromatic heterocycles. The summed E-state index contributed by atoms with van der Waals surface area (Å²) >= 11 is 11.8. The van der Waals surface area contributed by atoms with Gasteiger partial charge < -0.3 is 10.1 Å². The predicted octanol–water partition coefficient (Wildman–Crippen LogP) is 2.63. The molecule has 1 unspecified atom stereocenters. The van der Waals surface area contributed by atoms with Crippen molar-refractivity contribution in [3.8, 4) is 0 Å². The Balaban J connectivity index is 2.62. The summed E-state index contributed by atoms with van der Waals surface area (Å²) in [5.41, 5.74) is 1.17. The Morgan fingerprint density at radius 1 is 1.36 bits per heavy atom. The predicted molar refractivity (Wildman–Crippen MR) is 54.8 cm³/mol. The summed E-state index contributed by atoms with van der Waals surface area (Å²) < 4.78 is 5.03. The van der Waals surface area contributed by atoms with Gasteiger partial charge in [0.1, 0.15) is 0 Å². The van der Waals surface area contributed by atoms with E-state index < -0.39 is 6.10 Å². The van der Waals surface area contributed by atoms with Crippen LogP contribution in [-0.2, 0) is 9.53 Å². The average Bonchev–Trinajstić information content (AvgIpc) is 2.50. The number of hydrogen-bond donors (Lipinski definition) is 1. The van der Waals surface area contributed by atoms with Crippen LogP contribution >= 0.6 is 23.2 Å². The molecule has 0 spiro atoms. The van der Waals surface area contributed by atoms with Crippen molar-refractivity contribution < 1.29 is 9.53 Å². The Labute approximate surface area is 91.0 Å². The average molecular weight is 232 g/mol. The van der Waals surface area contributed by atoms with E-state index in [9.17, 15) is 4.79 Å². The van der Waals surface area contributed by atoms with E-state index in [1.807, 2.05) is 0 Å². The molecule has 1 atom stereocenters. The molecule has 0 saturated carbocycles. The van der Waals surface area contributed by atoms with Crippen molar-refractivity contribution in [2.24, 2.45) is 0 Å². The monoisotopic (exact) mass is 231 g/mol. The summed E-state index contributed by atoms with van der Waals surface area (Å²) in [6, 6.07) is 3.29. The maximum Gasteiger partial charge on any atom is 0.258 e. The number of hydrogen-bond acceptors (Lipinski definition) is 2. The van der Waals surface area contributed by atoms with E-state index in [0.717, 1.165) is 0 Å². The molecule has 1 aliphatic heterocycles. The van der Waals surface area contributed by atoms with Crippen molar-refractivity contribution in [2.45, 2.75) is 6.10 Å². The van der Waals surface area contributed by atoms with E-state index >= 15 is 0 Å². The number of carbonyl (C=O) groups excluding carboxylic acids is 1. The molecule has 1 amide bonds. The number of ether oxygens (including phenoxy) is 1. The van der Waals surface area contributed by atoms with Crippen LogP contribution in [0.1, 0.15) is 11.7 Å². The van der Waals surface area contributed by atoms with E-state index in [0.29, 0.717) is 21.3 Å². The van der Waals surface area contributed by atoms with Crippen molar-refractivity contribution >= 4 is 34.8 Å². The highest BCUT2D eigenvalue weighted by molar-refractivity contribution is 6.37. The van der Waals surface area contributed by atoms with Gasteiger partial charge in [0.15, 0.2) is 6.10 Å². The van der Waals surface area contributed by atoms with Crippen molar-refractivity contribution in [3.05, 3.63) is 27.7 Å². The van der Waals surface area contributed by atoms with E-state index in [-0.39, 0.29) is 5.91 Å². The Kier molecular flexibility index (Phi) is 2.39. The molecule has 3 nitrogen and oxygen atoms in total. The molecular formula is C9H7Cl2NO2. The summed E-state index contributed by atoms with van der Waals surface area (Å²) in [5.74, 6) is -0.238. The van der Waals surface area contributed by atoms with Gasteiger partial charge in [-0.05, 0) is 12.1 Å². The minimum atomic E-state index is -0.656. The molecule has 14 heavy (non-hydrogen) atoms. The highest BCUT2D eigenvalue weighted by Gasteiger charge is 2.34. The summed E-state index contributed by atoms with van der Waals surface area (Å²) in [5, 5.41) is 3.58. The summed E-state index contributed by atoms with van der Waals surface area (Å²) in [6.45, 7) is 0. The van der Waals surface area contributed by atoms with Crippen molar-refractivity contribution in [3.63, 3.8) is 0 Å². The zero-order chi connectivity index (χ0) is 10.3. The fourth-order valence-corrected chi connectivity index (χ4v) is 1.96. The van der Waals surface area contributed by atoms with E-state index in [1.165, 1.54) is 7.11 Å². The van der Waals surface area contributed by atoms with Gasteiger partial charge in [-0.3, -0.25) is 4.79 Å². The lowest BCUT2D eigenvalue weighted by atomic mass is 10.1. The smallest absolute Gasteiger partial charge is 0.258 e. The van der Waals surface area contributed by atoms with Crippen LogP contribution in [0, 0.1) is 0 Å². The number of amides is 1. The maximum atomic E-state index is 11.4. The number of anilines is 1. The molecule has 0 fully saturated rings. The number of carbonyl (C=O) groups is 1. The zero-order valence-corrected chi connectivity index (χ0v) is 8.82. The van der Waals surface area contributed by atoms with Gasteiger partial charge in [-0.15, -0.1) is 0 Å². The van der Waals surface area contributed by atoms with Crippen LogP contribution in [0.4, 0.5) is 5.69 Å². The molecule has 0 bridgehead atoms. The molecule has 1 aromatic rings. The SMILES string of the molecule is COC1C(=O)Nc2c(Cl)ccc(Cl)c21. The number of benzene rings is 1. The first kappa shape index (κ1) is 9.77. The van der Waals surface area contributed by atoms with Crippen molar-refractivity contribution in [1.82, 2.24) is 0 Å². The van der Waals surface area contributed by atoms with Gasteiger partial charge in [0.25, 0.3) is 5.91 Å². The number of rotatable bonds is 1. The minimum Gasteiger partial charge on any atom is -0.367 e. The number of halogens is 2. The van der Waals surface area contributed by atoms with Crippen LogP contribution in [0.3, 0.4) is 0 Å². The summed E-state index contributed by atoms with van der Waals surface area (Å²) in [4.78, 5) is 11.4. The molecule has 0 radical (unpaired) electrons. The fraction of sp³-hybridized carbons (Fsp3) is 0.222. The lowest BCUT2D eigenvalue weighted by Gasteiger charge is -2.07. The second-order valence-corrected chi connectivity index (χ2v) is 3.74. The molecule has 74 valence electrons. The van der Waals surface area contributed by atoms with Crippen LogP contribution in [0.5, 0.6) is 0 Å². The summed E-state index contributed by atoms with van der Waals surface area (Å²) in [6.07, 6.45) is -0.656. The maximum absolute atomic E-state index is 11.4. The quantitative estimate of drug-likeness (QED) is 0.808. The van der Waals surface area contributed by atoms with E-state index in [1.54, 1.807) is 12.1 Å². The molecule has 5 heteroatoms. The third-order valence-corrected chi connectivity index (χ3v) is 2.77. The van der Waals surface area contributed by atoms with Crippen LogP contribution in [-0.4, -0.2) is 13.0 Å². The van der Waals surface area contributed by atoms with Crippen molar-refractivity contribution in [1.29, 1.82) is 0 Å². The Bertz CT molecular complexity index is 406. The molecule has 1 heterocycles. The van der Waals surface area contributed by atoms with Gasteiger partial charge in [0, 0.05) is 17.7 Å². The number of methoxy groups -OCH3 is 1. The highest BCUT2D eigenvalue weighted by atomic mass is 35.5. The first-order valence-electron chi connectivity index (χ1n) is 3.96. The summed E-state index contributed by atoms with van der Waals surface area (Å²) in [7, 11) is 1.45. The number of fused-ring (bicyclic) bond motifs is 1. The number of nitrogens with one attached hydrogen (secondary N) is 1. The van der Waals surface area contributed by atoms with E-state index in [2.05, 4.69) is 5.32 Å². The largest absolute Gasteiger partial charge is 0.367 e. The topological polar surface area (TPSA) is 38.3 Å². The van der Waals surface area contributed by atoms with E-state index in [4.69, 9.17) is 27.9 Å². The normalized spacial score (nSPS) is 19.4. The standard InChI is InChI=1S/C9H7Cl2NO2/c1-14-8-6-4(10)2-3-5(11)7(6)12-9(8)13/h2-3,8H,1H3,(H,12,13).